The Morgan fingerprint density at radius 3 is 2.50 bits per heavy atom. The van der Waals surface area contributed by atoms with Crippen LogP contribution in [0, 0.1) is 11.8 Å². The van der Waals surface area contributed by atoms with Gasteiger partial charge in [-0.1, -0.05) is 20.8 Å². The van der Waals surface area contributed by atoms with E-state index in [1.807, 2.05) is 0 Å². The standard InChI is InChI=1S/C16H34N2/c1-13(2)6-8-15(4)17-10-11-18-12-14(3)7-9-16(18)5/h13-17H,6-12H2,1-5H3. The Bertz CT molecular complexity index is 215. The van der Waals surface area contributed by atoms with Crippen LogP contribution in [0.3, 0.4) is 0 Å². The minimum Gasteiger partial charge on any atom is -0.313 e. The summed E-state index contributed by atoms with van der Waals surface area (Å²) >= 11 is 0. The number of nitrogens with one attached hydrogen (secondary N) is 1. The molecule has 1 aliphatic rings. The van der Waals surface area contributed by atoms with E-state index in [2.05, 4.69) is 44.8 Å². The van der Waals surface area contributed by atoms with E-state index in [9.17, 15) is 0 Å². The Morgan fingerprint density at radius 1 is 1.11 bits per heavy atom. The minimum absolute atomic E-state index is 0.671. The molecule has 1 fully saturated rings. The van der Waals surface area contributed by atoms with E-state index in [4.69, 9.17) is 0 Å². The van der Waals surface area contributed by atoms with Crippen molar-refractivity contribution in [3.05, 3.63) is 0 Å². The van der Waals surface area contributed by atoms with Crippen molar-refractivity contribution in [1.29, 1.82) is 0 Å². The van der Waals surface area contributed by atoms with E-state index in [1.54, 1.807) is 0 Å². The quantitative estimate of drug-likeness (QED) is 0.748. The molecule has 1 aliphatic heterocycles. The smallest absolute Gasteiger partial charge is 0.0110 e. The molecule has 0 aromatic rings. The van der Waals surface area contributed by atoms with Crippen molar-refractivity contribution >= 4 is 0 Å². The molecule has 2 heteroatoms. The first-order valence-electron chi connectivity index (χ1n) is 7.96. The summed E-state index contributed by atoms with van der Waals surface area (Å²) in [5.74, 6) is 1.72. The zero-order valence-corrected chi connectivity index (χ0v) is 13.2. The van der Waals surface area contributed by atoms with Crippen LogP contribution in [0.5, 0.6) is 0 Å². The fourth-order valence-corrected chi connectivity index (χ4v) is 2.83. The van der Waals surface area contributed by atoms with Gasteiger partial charge >= 0.3 is 0 Å². The van der Waals surface area contributed by atoms with E-state index in [0.29, 0.717) is 6.04 Å². The van der Waals surface area contributed by atoms with Crippen LogP contribution in [0.15, 0.2) is 0 Å². The van der Waals surface area contributed by atoms with Gasteiger partial charge in [0.05, 0.1) is 0 Å². The van der Waals surface area contributed by atoms with Gasteiger partial charge in [0.15, 0.2) is 0 Å². The first-order chi connectivity index (χ1) is 8.49. The molecule has 1 rings (SSSR count). The molecule has 3 unspecified atom stereocenters. The monoisotopic (exact) mass is 254 g/mol. The largest absolute Gasteiger partial charge is 0.313 e. The van der Waals surface area contributed by atoms with Crippen molar-refractivity contribution in [2.24, 2.45) is 11.8 Å². The van der Waals surface area contributed by atoms with Gasteiger partial charge in [-0.3, -0.25) is 4.90 Å². The highest BCUT2D eigenvalue weighted by Crippen LogP contribution is 2.20. The molecular weight excluding hydrogens is 220 g/mol. The maximum absolute atomic E-state index is 3.68. The SMILES string of the molecule is CC(C)CCC(C)NCCN1CC(C)CCC1C. The van der Waals surface area contributed by atoms with Crippen molar-refractivity contribution in [2.75, 3.05) is 19.6 Å². The molecule has 18 heavy (non-hydrogen) atoms. The molecule has 108 valence electrons. The van der Waals surface area contributed by atoms with E-state index < -0.39 is 0 Å². The first-order valence-corrected chi connectivity index (χ1v) is 7.96. The maximum Gasteiger partial charge on any atom is 0.0110 e. The lowest BCUT2D eigenvalue weighted by molar-refractivity contribution is 0.125. The summed E-state index contributed by atoms with van der Waals surface area (Å²) < 4.78 is 0. The third-order valence-electron chi connectivity index (χ3n) is 4.32. The highest BCUT2D eigenvalue weighted by Gasteiger charge is 2.22. The number of likely N-dealkylation sites (tertiary alicyclic amines) is 1. The average Bonchev–Trinajstić information content (AvgIpc) is 2.31. The Balaban J connectivity index is 2.12. The average molecular weight is 254 g/mol. The van der Waals surface area contributed by atoms with Crippen molar-refractivity contribution in [2.45, 2.75) is 72.4 Å². The summed E-state index contributed by atoms with van der Waals surface area (Å²) in [6.45, 7) is 15.4. The molecular formula is C16H34N2. The topological polar surface area (TPSA) is 15.3 Å². The fraction of sp³-hybridized carbons (Fsp3) is 1.00. The van der Waals surface area contributed by atoms with Crippen LogP contribution in [0.1, 0.15) is 60.3 Å². The molecule has 0 radical (unpaired) electrons. The number of hydrogen-bond acceptors (Lipinski definition) is 2. The molecule has 1 N–H and O–H groups in total. The third-order valence-corrected chi connectivity index (χ3v) is 4.32. The minimum atomic E-state index is 0.671. The third kappa shape index (κ3) is 6.19. The number of rotatable bonds is 7. The summed E-state index contributed by atoms with van der Waals surface area (Å²) in [5.41, 5.74) is 0. The summed E-state index contributed by atoms with van der Waals surface area (Å²) in [7, 11) is 0. The van der Waals surface area contributed by atoms with Crippen molar-refractivity contribution in [1.82, 2.24) is 10.2 Å². The fourth-order valence-electron chi connectivity index (χ4n) is 2.83. The molecule has 1 heterocycles. The predicted molar refractivity (Wildman–Crippen MR) is 81.0 cm³/mol. The molecule has 0 amide bonds. The van der Waals surface area contributed by atoms with Crippen LogP contribution in [0.25, 0.3) is 0 Å². The van der Waals surface area contributed by atoms with E-state index in [1.165, 1.54) is 38.8 Å². The molecule has 3 atom stereocenters. The molecule has 0 aromatic carbocycles. The van der Waals surface area contributed by atoms with Crippen LogP contribution in [-0.2, 0) is 0 Å². The van der Waals surface area contributed by atoms with Crippen LogP contribution >= 0.6 is 0 Å². The first kappa shape index (κ1) is 16.0. The molecule has 0 aromatic heterocycles. The van der Waals surface area contributed by atoms with Crippen LogP contribution in [0.4, 0.5) is 0 Å². The Labute approximate surface area is 115 Å². The summed E-state index contributed by atoms with van der Waals surface area (Å²) in [5, 5.41) is 3.68. The van der Waals surface area contributed by atoms with Crippen molar-refractivity contribution in [3.63, 3.8) is 0 Å². The number of piperidine rings is 1. The van der Waals surface area contributed by atoms with Gasteiger partial charge in [0, 0.05) is 31.7 Å². The number of hydrogen-bond donors (Lipinski definition) is 1. The van der Waals surface area contributed by atoms with Gasteiger partial charge in [0.1, 0.15) is 0 Å². The second kappa shape index (κ2) is 8.16. The molecule has 0 spiro atoms. The van der Waals surface area contributed by atoms with Gasteiger partial charge in [0.2, 0.25) is 0 Å². The lowest BCUT2D eigenvalue weighted by atomic mass is 9.95. The molecule has 0 bridgehead atoms. The summed E-state index contributed by atoms with van der Waals surface area (Å²) in [4.78, 5) is 2.66. The zero-order chi connectivity index (χ0) is 13.5. The van der Waals surface area contributed by atoms with E-state index in [0.717, 1.165) is 24.4 Å². The highest BCUT2D eigenvalue weighted by atomic mass is 15.2. The Morgan fingerprint density at radius 2 is 1.83 bits per heavy atom. The van der Waals surface area contributed by atoms with Gasteiger partial charge < -0.3 is 5.32 Å². The van der Waals surface area contributed by atoms with Crippen LogP contribution < -0.4 is 5.32 Å². The normalized spacial score (nSPS) is 27.7. The predicted octanol–water partition coefficient (Wildman–Crippen LogP) is 3.52. The molecule has 0 aliphatic carbocycles. The van der Waals surface area contributed by atoms with Crippen molar-refractivity contribution in [3.8, 4) is 0 Å². The Kier molecular flexibility index (Phi) is 7.25. The summed E-state index contributed by atoms with van der Waals surface area (Å²) in [6, 6.07) is 1.46. The maximum atomic E-state index is 3.68. The molecule has 0 saturated carbocycles. The van der Waals surface area contributed by atoms with Gasteiger partial charge in [-0.2, -0.15) is 0 Å². The van der Waals surface area contributed by atoms with E-state index in [-0.39, 0.29) is 0 Å². The molecule has 2 nitrogen and oxygen atoms in total. The van der Waals surface area contributed by atoms with Gasteiger partial charge in [-0.25, -0.2) is 0 Å². The van der Waals surface area contributed by atoms with Gasteiger partial charge in [-0.15, -0.1) is 0 Å². The zero-order valence-electron chi connectivity index (χ0n) is 13.2. The highest BCUT2D eigenvalue weighted by molar-refractivity contribution is 4.77. The van der Waals surface area contributed by atoms with Crippen LogP contribution in [0.2, 0.25) is 0 Å². The second-order valence-corrected chi connectivity index (χ2v) is 6.85. The molecule has 1 saturated heterocycles. The van der Waals surface area contributed by atoms with Gasteiger partial charge in [-0.05, 0) is 51.4 Å². The second-order valence-electron chi connectivity index (χ2n) is 6.85. The lowest BCUT2D eigenvalue weighted by Crippen LogP contribution is -2.45. The number of nitrogens with zero attached hydrogens (tertiary/aromatic N) is 1. The van der Waals surface area contributed by atoms with Gasteiger partial charge in [0.25, 0.3) is 0 Å². The Hall–Kier alpha value is -0.0800. The lowest BCUT2D eigenvalue weighted by Gasteiger charge is -2.37. The van der Waals surface area contributed by atoms with E-state index >= 15 is 0 Å². The van der Waals surface area contributed by atoms with Crippen molar-refractivity contribution < 1.29 is 0 Å². The van der Waals surface area contributed by atoms with Crippen LogP contribution in [-0.4, -0.2) is 36.6 Å². The summed E-state index contributed by atoms with van der Waals surface area (Å²) in [6.07, 6.45) is 5.44.